The number of esters is 1. The van der Waals surface area contributed by atoms with Gasteiger partial charge in [0.2, 0.25) is 5.95 Å². The molecule has 1 aliphatic heterocycles. The number of aryl methyl sites for hydroxylation is 1. The average molecular weight is 346 g/mol. The van der Waals surface area contributed by atoms with Crippen LogP contribution in [0.2, 0.25) is 0 Å². The largest absolute Gasteiger partial charge is 0.449 e. The van der Waals surface area contributed by atoms with Gasteiger partial charge in [-0.2, -0.15) is 4.68 Å². The third-order valence-electron chi connectivity index (χ3n) is 4.66. The van der Waals surface area contributed by atoms with Gasteiger partial charge in [0.05, 0.1) is 22.2 Å². The molecular formula is C19H14N4O3. The van der Waals surface area contributed by atoms with Crippen LogP contribution in [0.25, 0.3) is 17.0 Å². The maximum atomic E-state index is 13.1. The lowest BCUT2D eigenvalue weighted by molar-refractivity contribution is 0.0453. The SMILES string of the molecule is Cc1[nH]n(-c2nc3ccccc3[nH]2)c(=O)c1[C@H]1OC(=O)c2ccccc21. The number of carbonyl (C=O) groups is 1. The summed E-state index contributed by atoms with van der Waals surface area (Å²) in [6, 6.07) is 14.7. The van der Waals surface area contributed by atoms with Crippen LogP contribution in [0.3, 0.4) is 0 Å². The Bertz CT molecular complexity index is 1200. The fourth-order valence-corrected chi connectivity index (χ4v) is 3.42. The zero-order chi connectivity index (χ0) is 17.8. The number of hydrogen-bond donors (Lipinski definition) is 2. The number of rotatable bonds is 2. The number of cyclic esters (lactones) is 1. The minimum absolute atomic E-state index is 0.295. The Balaban J connectivity index is 1.67. The average Bonchev–Trinajstić information content (AvgIpc) is 3.29. The van der Waals surface area contributed by atoms with Crippen LogP contribution in [0.1, 0.15) is 33.3 Å². The summed E-state index contributed by atoms with van der Waals surface area (Å²) in [5.41, 5.74) is 3.53. The van der Waals surface area contributed by atoms with Crippen molar-refractivity contribution in [3.05, 3.63) is 81.3 Å². The maximum Gasteiger partial charge on any atom is 0.339 e. The first-order valence-corrected chi connectivity index (χ1v) is 8.20. The van der Waals surface area contributed by atoms with E-state index < -0.39 is 12.1 Å². The first kappa shape index (κ1) is 14.7. The first-order chi connectivity index (χ1) is 12.6. The van der Waals surface area contributed by atoms with Crippen molar-refractivity contribution >= 4 is 17.0 Å². The van der Waals surface area contributed by atoms with Gasteiger partial charge in [-0.15, -0.1) is 0 Å². The van der Waals surface area contributed by atoms with Gasteiger partial charge in [-0.25, -0.2) is 9.78 Å². The van der Waals surface area contributed by atoms with Crippen LogP contribution >= 0.6 is 0 Å². The quantitative estimate of drug-likeness (QED) is 0.546. The number of carbonyl (C=O) groups excluding carboxylic acids is 1. The van der Waals surface area contributed by atoms with Gasteiger partial charge in [-0.3, -0.25) is 9.89 Å². The predicted octanol–water partition coefficient (Wildman–Crippen LogP) is 2.61. The number of hydrogen-bond acceptors (Lipinski definition) is 4. The smallest absolute Gasteiger partial charge is 0.339 e. The lowest BCUT2D eigenvalue weighted by Gasteiger charge is -2.08. The molecule has 0 unspecified atom stereocenters. The Hall–Kier alpha value is -3.61. The van der Waals surface area contributed by atoms with E-state index >= 15 is 0 Å². The van der Waals surface area contributed by atoms with E-state index in [0.29, 0.717) is 28.3 Å². The van der Waals surface area contributed by atoms with Crippen molar-refractivity contribution in [2.24, 2.45) is 0 Å². The molecule has 2 aromatic heterocycles. The summed E-state index contributed by atoms with van der Waals surface area (Å²) in [6.07, 6.45) is -0.715. The second-order valence-corrected chi connectivity index (χ2v) is 6.24. The predicted molar refractivity (Wildman–Crippen MR) is 94.5 cm³/mol. The van der Waals surface area contributed by atoms with Crippen molar-refractivity contribution in [2.45, 2.75) is 13.0 Å². The minimum Gasteiger partial charge on any atom is -0.449 e. The topological polar surface area (TPSA) is 92.8 Å². The van der Waals surface area contributed by atoms with Crippen LogP contribution in [0.4, 0.5) is 0 Å². The van der Waals surface area contributed by atoms with E-state index in [1.54, 1.807) is 19.1 Å². The summed E-state index contributed by atoms with van der Waals surface area (Å²) in [5, 5.41) is 3.03. The number of nitrogens with zero attached hydrogens (tertiary/aromatic N) is 2. The highest BCUT2D eigenvalue weighted by molar-refractivity contribution is 5.94. The molecule has 2 N–H and O–H groups in total. The van der Waals surface area contributed by atoms with Crippen LogP contribution in [0.15, 0.2) is 53.3 Å². The second-order valence-electron chi connectivity index (χ2n) is 6.24. The van der Waals surface area contributed by atoms with Gasteiger partial charge in [0, 0.05) is 11.3 Å². The Morgan fingerprint density at radius 1 is 1.08 bits per heavy atom. The van der Waals surface area contributed by atoms with Crippen molar-refractivity contribution < 1.29 is 9.53 Å². The van der Waals surface area contributed by atoms with Crippen LogP contribution in [0, 0.1) is 6.92 Å². The molecule has 0 saturated carbocycles. The molecular weight excluding hydrogens is 332 g/mol. The van der Waals surface area contributed by atoms with E-state index in [-0.39, 0.29) is 5.56 Å². The maximum absolute atomic E-state index is 13.1. The minimum atomic E-state index is -0.715. The Morgan fingerprint density at radius 2 is 1.85 bits per heavy atom. The van der Waals surface area contributed by atoms with Gasteiger partial charge >= 0.3 is 5.97 Å². The Labute approximate surface area is 147 Å². The molecule has 1 atom stereocenters. The number of imidazole rings is 1. The van der Waals surface area contributed by atoms with Crippen LogP contribution in [-0.2, 0) is 4.74 Å². The fourth-order valence-electron chi connectivity index (χ4n) is 3.42. The van der Waals surface area contributed by atoms with Crippen LogP contribution in [0.5, 0.6) is 0 Å². The molecule has 0 radical (unpaired) electrons. The summed E-state index contributed by atoms with van der Waals surface area (Å²) >= 11 is 0. The number of fused-ring (bicyclic) bond motifs is 2. The van der Waals surface area contributed by atoms with Gasteiger partial charge in [0.15, 0.2) is 6.10 Å². The summed E-state index contributed by atoms with van der Waals surface area (Å²) in [4.78, 5) is 32.7. The lowest BCUT2D eigenvalue weighted by Crippen LogP contribution is -2.21. The van der Waals surface area contributed by atoms with Gasteiger partial charge in [0.1, 0.15) is 0 Å². The van der Waals surface area contributed by atoms with E-state index in [0.717, 1.165) is 11.0 Å². The monoisotopic (exact) mass is 346 g/mol. The fraction of sp³-hybridized carbons (Fsp3) is 0.105. The molecule has 128 valence electrons. The molecule has 1 aliphatic rings. The van der Waals surface area contributed by atoms with Crippen molar-refractivity contribution in [1.82, 2.24) is 19.7 Å². The molecule has 26 heavy (non-hydrogen) atoms. The summed E-state index contributed by atoms with van der Waals surface area (Å²) in [5.74, 6) is -0.0240. The number of para-hydroxylation sites is 2. The lowest BCUT2D eigenvalue weighted by atomic mass is 10.00. The van der Waals surface area contributed by atoms with Gasteiger partial charge in [-0.05, 0) is 25.1 Å². The summed E-state index contributed by atoms with van der Waals surface area (Å²) in [7, 11) is 0. The molecule has 0 fully saturated rings. The molecule has 4 aromatic rings. The van der Waals surface area contributed by atoms with Crippen LogP contribution in [-0.4, -0.2) is 25.7 Å². The number of aromatic amines is 2. The third-order valence-corrected chi connectivity index (χ3v) is 4.66. The zero-order valence-corrected chi connectivity index (χ0v) is 13.8. The molecule has 7 heteroatoms. The molecule has 3 heterocycles. The number of ether oxygens (including phenoxy) is 1. The van der Waals surface area contributed by atoms with Gasteiger partial charge in [-0.1, -0.05) is 30.3 Å². The number of H-pyrrole nitrogens is 2. The molecule has 0 saturated heterocycles. The van der Waals surface area contributed by atoms with Crippen molar-refractivity contribution in [2.75, 3.05) is 0 Å². The van der Waals surface area contributed by atoms with E-state index in [1.165, 1.54) is 4.68 Å². The highest BCUT2D eigenvalue weighted by Gasteiger charge is 2.36. The van der Waals surface area contributed by atoms with E-state index in [1.807, 2.05) is 36.4 Å². The normalized spacial score (nSPS) is 16.0. The zero-order valence-electron chi connectivity index (χ0n) is 13.8. The van der Waals surface area contributed by atoms with Crippen LogP contribution < -0.4 is 5.56 Å². The van der Waals surface area contributed by atoms with E-state index in [2.05, 4.69) is 15.1 Å². The van der Waals surface area contributed by atoms with Gasteiger partial charge in [0.25, 0.3) is 5.56 Å². The molecule has 0 aliphatic carbocycles. The standard InChI is InChI=1S/C19H14N4O3/c1-10-15(16-11-6-2-3-7-12(11)18(25)26-16)17(24)23(22-10)19-20-13-8-4-5-9-14(13)21-19/h2-9,16,22H,1H3,(H,20,21)/t16-/m0/s1. The van der Waals surface area contributed by atoms with Crippen molar-refractivity contribution in [3.8, 4) is 5.95 Å². The second kappa shape index (κ2) is 5.19. The van der Waals surface area contributed by atoms with E-state index in [9.17, 15) is 9.59 Å². The van der Waals surface area contributed by atoms with Crippen molar-refractivity contribution in [1.29, 1.82) is 0 Å². The molecule has 0 amide bonds. The highest BCUT2D eigenvalue weighted by atomic mass is 16.5. The number of aromatic nitrogens is 4. The number of nitrogens with one attached hydrogen (secondary N) is 2. The third kappa shape index (κ3) is 1.97. The Morgan fingerprint density at radius 3 is 2.69 bits per heavy atom. The summed E-state index contributed by atoms with van der Waals surface area (Å²) < 4.78 is 6.83. The Kier molecular flexibility index (Phi) is 2.94. The molecule has 5 rings (SSSR count). The first-order valence-electron chi connectivity index (χ1n) is 8.20. The molecule has 7 nitrogen and oxygen atoms in total. The summed E-state index contributed by atoms with van der Waals surface area (Å²) in [6.45, 7) is 1.78. The van der Waals surface area contributed by atoms with Crippen molar-refractivity contribution in [3.63, 3.8) is 0 Å². The van der Waals surface area contributed by atoms with Gasteiger partial charge < -0.3 is 9.72 Å². The van der Waals surface area contributed by atoms with E-state index in [4.69, 9.17) is 4.74 Å². The highest BCUT2D eigenvalue weighted by Crippen LogP contribution is 2.35. The molecule has 2 aromatic carbocycles. The molecule has 0 bridgehead atoms. The number of benzene rings is 2. The molecule has 0 spiro atoms.